The monoisotopic (exact) mass is 530 g/mol. The number of fused-ring (bicyclic) bond motifs is 2. The lowest BCUT2D eigenvalue weighted by molar-refractivity contribution is -0.586. The summed E-state index contributed by atoms with van der Waals surface area (Å²) in [6, 6.07) is 0. The van der Waals surface area contributed by atoms with Crippen LogP contribution in [0.4, 0.5) is 0 Å². The molecule has 0 aromatic heterocycles. The van der Waals surface area contributed by atoms with Gasteiger partial charge in [-0.1, -0.05) is 67.7 Å². The van der Waals surface area contributed by atoms with Gasteiger partial charge in [0, 0.05) is 6.42 Å². The second-order valence-electron chi connectivity index (χ2n) is 10.7. The van der Waals surface area contributed by atoms with Crippen molar-refractivity contribution in [2.45, 2.75) is 122 Å². The Kier molecular flexibility index (Phi) is 11.5. The fourth-order valence-corrected chi connectivity index (χ4v) is 4.65. The number of carbonyl (C=O) groups excluding carboxylic acids is 1. The number of hydrogen-bond donors (Lipinski definition) is 0. The van der Waals surface area contributed by atoms with Crippen molar-refractivity contribution in [3.8, 4) is 0 Å². The zero-order valence-electron chi connectivity index (χ0n) is 23.7. The van der Waals surface area contributed by atoms with Crippen molar-refractivity contribution in [2.24, 2.45) is 0 Å². The van der Waals surface area contributed by atoms with Crippen molar-refractivity contribution >= 4 is 5.97 Å². The second-order valence-corrected chi connectivity index (χ2v) is 10.7. The van der Waals surface area contributed by atoms with Crippen LogP contribution in [0, 0.1) is 0 Å². The summed E-state index contributed by atoms with van der Waals surface area (Å²) < 4.78 is 35.2. The number of hydrogen-bond acceptors (Lipinski definition) is 7. The van der Waals surface area contributed by atoms with Crippen LogP contribution in [0.25, 0.3) is 0 Å². The molecule has 3 fully saturated rings. The molecule has 3 heterocycles. The highest BCUT2D eigenvalue weighted by Crippen LogP contribution is 2.53. The molecule has 3 saturated heterocycles. The lowest BCUT2D eigenvalue weighted by atomic mass is 10.1. The first-order valence-corrected chi connectivity index (χ1v) is 14.0. The molecule has 212 valence electrons. The molecule has 0 N–H and O–H groups in total. The van der Waals surface area contributed by atoms with Gasteiger partial charge in [0.05, 0.1) is 0 Å². The standard InChI is InChI=1S/C31H46O7/c1-6-7-8-9-10-11-12-13-14-15-16-17-18-19-20-21-22-23-26(32)33-24-25-27-28(36-29(2,3)35-27)31(34-25)37-30(4,5)38-31/h7-8,10-11,13-14,16-17,19-20,25,27-28H,6,9,12,15,18,21-24H2,1-5H3/t25-,27-,28-/m1/s1. The third-order valence-corrected chi connectivity index (χ3v) is 6.25. The van der Waals surface area contributed by atoms with Crippen molar-refractivity contribution in [3.63, 3.8) is 0 Å². The van der Waals surface area contributed by atoms with Gasteiger partial charge in [0.2, 0.25) is 0 Å². The van der Waals surface area contributed by atoms with Crippen LogP contribution in [0.1, 0.15) is 86.0 Å². The number of unbranched alkanes of at least 4 members (excludes halogenated alkanes) is 1. The van der Waals surface area contributed by atoms with Gasteiger partial charge in [-0.3, -0.25) is 14.3 Å². The maximum Gasteiger partial charge on any atom is 0.319 e. The largest absolute Gasteiger partial charge is 0.463 e. The Morgan fingerprint density at radius 2 is 1.29 bits per heavy atom. The summed E-state index contributed by atoms with van der Waals surface area (Å²) in [4.78, 5) is 12.3. The van der Waals surface area contributed by atoms with E-state index < -0.39 is 35.9 Å². The first-order chi connectivity index (χ1) is 18.2. The Balaban J connectivity index is 1.23. The molecule has 3 atom stereocenters. The highest BCUT2D eigenvalue weighted by Gasteiger charge is 2.72. The number of carbonyl (C=O) groups is 1. The van der Waals surface area contributed by atoms with Crippen LogP contribution in [-0.2, 0) is 33.2 Å². The van der Waals surface area contributed by atoms with E-state index in [9.17, 15) is 4.79 Å². The maximum absolute atomic E-state index is 12.3. The SMILES string of the molecule is CCC=CCC=CCC=CCC=CCC=CCCCC(=O)OC[C@H]1OC2(OC(C)(C)O2)[C@@H]2OC(C)(C)O[C@@H]21. The van der Waals surface area contributed by atoms with E-state index in [-0.39, 0.29) is 12.6 Å². The zero-order valence-corrected chi connectivity index (χ0v) is 23.7. The molecule has 0 radical (unpaired) electrons. The van der Waals surface area contributed by atoms with Crippen LogP contribution in [0.3, 0.4) is 0 Å². The summed E-state index contributed by atoms with van der Waals surface area (Å²) in [7, 11) is 0. The van der Waals surface area contributed by atoms with Crippen LogP contribution in [0.5, 0.6) is 0 Å². The molecule has 7 heteroatoms. The smallest absolute Gasteiger partial charge is 0.319 e. The quantitative estimate of drug-likeness (QED) is 0.131. The summed E-state index contributed by atoms with van der Waals surface area (Å²) in [5, 5.41) is 0. The van der Waals surface area contributed by atoms with Crippen LogP contribution in [-0.4, -0.2) is 48.4 Å². The molecule has 0 bridgehead atoms. The minimum atomic E-state index is -1.31. The van der Waals surface area contributed by atoms with Crippen LogP contribution in [0.2, 0.25) is 0 Å². The molecule has 3 rings (SSSR count). The van der Waals surface area contributed by atoms with E-state index in [4.69, 9.17) is 28.4 Å². The van der Waals surface area contributed by atoms with Gasteiger partial charge in [0.15, 0.2) is 17.7 Å². The molecular weight excluding hydrogens is 484 g/mol. The number of ether oxygens (including phenoxy) is 6. The molecule has 3 aliphatic heterocycles. The first-order valence-electron chi connectivity index (χ1n) is 14.0. The average molecular weight is 531 g/mol. The van der Waals surface area contributed by atoms with Crippen molar-refractivity contribution in [3.05, 3.63) is 60.8 Å². The molecule has 0 aromatic carbocycles. The van der Waals surface area contributed by atoms with Crippen molar-refractivity contribution in [2.75, 3.05) is 6.61 Å². The van der Waals surface area contributed by atoms with Gasteiger partial charge in [0.1, 0.15) is 18.8 Å². The number of esters is 1. The van der Waals surface area contributed by atoms with Gasteiger partial charge in [-0.05, 0) is 72.6 Å². The lowest BCUT2D eigenvalue weighted by Gasteiger charge is -2.51. The van der Waals surface area contributed by atoms with E-state index in [1.54, 1.807) is 0 Å². The zero-order chi connectivity index (χ0) is 27.5. The van der Waals surface area contributed by atoms with Gasteiger partial charge in [-0.15, -0.1) is 0 Å². The van der Waals surface area contributed by atoms with Crippen molar-refractivity contribution in [1.82, 2.24) is 0 Å². The average Bonchev–Trinajstić information content (AvgIpc) is 3.30. The Bertz CT molecular complexity index is 888. The maximum atomic E-state index is 12.3. The summed E-state index contributed by atoms with van der Waals surface area (Å²) in [5.41, 5.74) is 0. The summed E-state index contributed by atoms with van der Waals surface area (Å²) in [5.74, 6) is -3.11. The van der Waals surface area contributed by atoms with E-state index in [0.717, 1.165) is 44.9 Å². The van der Waals surface area contributed by atoms with E-state index in [0.29, 0.717) is 6.42 Å². The highest BCUT2D eigenvalue weighted by atomic mass is 17.0. The predicted octanol–water partition coefficient (Wildman–Crippen LogP) is 6.81. The predicted molar refractivity (Wildman–Crippen MR) is 147 cm³/mol. The van der Waals surface area contributed by atoms with E-state index >= 15 is 0 Å². The molecule has 38 heavy (non-hydrogen) atoms. The van der Waals surface area contributed by atoms with Gasteiger partial charge in [-0.2, -0.15) is 0 Å². The minimum absolute atomic E-state index is 0.0655. The summed E-state index contributed by atoms with van der Waals surface area (Å²) >= 11 is 0. The van der Waals surface area contributed by atoms with Crippen molar-refractivity contribution in [1.29, 1.82) is 0 Å². The van der Waals surface area contributed by atoms with Crippen LogP contribution in [0.15, 0.2) is 60.8 Å². The Morgan fingerprint density at radius 3 is 1.84 bits per heavy atom. The molecule has 0 amide bonds. The summed E-state index contributed by atoms with van der Waals surface area (Å²) in [6.45, 7) is 9.49. The first kappa shape index (κ1) is 30.5. The topological polar surface area (TPSA) is 72.5 Å². The van der Waals surface area contributed by atoms with Crippen LogP contribution >= 0.6 is 0 Å². The normalized spacial score (nSPS) is 27.4. The third kappa shape index (κ3) is 9.31. The molecule has 0 unspecified atom stereocenters. The minimum Gasteiger partial charge on any atom is -0.463 e. The Hall–Kier alpha value is -2.03. The lowest BCUT2D eigenvalue weighted by Crippen LogP contribution is -2.65. The fourth-order valence-electron chi connectivity index (χ4n) is 4.65. The second kappa shape index (κ2) is 14.4. The van der Waals surface area contributed by atoms with Crippen LogP contribution < -0.4 is 0 Å². The Morgan fingerprint density at radius 1 is 0.737 bits per heavy atom. The van der Waals surface area contributed by atoms with Gasteiger partial charge < -0.3 is 18.9 Å². The molecule has 7 nitrogen and oxygen atoms in total. The molecule has 0 aliphatic carbocycles. The number of allylic oxidation sites excluding steroid dienone is 10. The van der Waals surface area contributed by atoms with E-state index in [1.807, 2.05) is 27.7 Å². The van der Waals surface area contributed by atoms with Crippen molar-refractivity contribution < 1.29 is 33.2 Å². The van der Waals surface area contributed by atoms with Gasteiger partial charge in [0.25, 0.3) is 0 Å². The van der Waals surface area contributed by atoms with E-state index in [2.05, 4.69) is 67.7 Å². The Labute approximate surface area is 228 Å². The summed E-state index contributed by atoms with van der Waals surface area (Å²) in [6.07, 6.45) is 27.1. The third-order valence-electron chi connectivity index (χ3n) is 6.25. The molecule has 0 aromatic rings. The highest BCUT2D eigenvalue weighted by molar-refractivity contribution is 5.69. The molecule has 1 spiro atoms. The van der Waals surface area contributed by atoms with E-state index in [1.165, 1.54) is 0 Å². The van der Waals surface area contributed by atoms with Gasteiger partial charge >= 0.3 is 11.9 Å². The fraction of sp³-hybridized carbons (Fsp3) is 0.645. The molecular formula is C31H46O7. The van der Waals surface area contributed by atoms with Gasteiger partial charge in [-0.25, -0.2) is 0 Å². The number of rotatable bonds is 15. The molecule has 3 aliphatic rings. The molecule has 0 saturated carbocycles.